The molecule has 3 aromatic carbocycles. The van der Waals surface area contributed by atoms with Crippen molar-refractivity contribution in [3.8, 4) is 17.2 Å². The Balaban J connectivity index is 1.45. The summed E-state index contributed by atoms with van der Waals surface area (Å²) in [4.78, 5) is 0. The molecule has 1 N–H and O–H groups in total. The van der Waals surface area contributed by atoms with Crippen molar-refractivity contribution in [2.75, 3.05) is 25.1 Å². The minimum atomic E-state index is 0.0362. The number of rotatable bonds is 12. The number of nitrogens with one attached hydrogen (secondary N) is 1. The van der Waals surface area contributed by atoms with Gasteiger partial charge >= 0.3 is 0 Å². The van der Waals surface area contributed by atoms with Crippen LogP contribution in [0.2, 0.25) is 0 Å². The maximum Gasteiger partial charge on any atom is 0.123 e. The first-order valence-electron chi connectivity index (χ1n) is 11.1. The van der Waals surface area contributed by atoms with Gasteiger partial charge in [0.15, 0.2) is 0 Å². The topological polar surface area (TPSA) is 39.7 Å². The highest BCUT2D eigenvalue weighted by Gasteiger charge is 2.12. The molecule has 0 aliphatic rings. The Hall–Kier alpha value is -3.14. The lowest BCUT2D eigenvalue weighted by molar-refractivity contribution is 0.217. The SMILES string of the molecule is CCC(C)c1ccccc1OC(C)CNc1cccc(OCCOc2ccccc2)c1. The second-order valence-corrected chi connectivity index (χ2v) is 7.69. The van der Waals surface area contributed by atoms with Crippen LogP contribution in [0.15, 0.2) is 78.9 Å². The number of anilines is 1. The van der Waals surface area contributed by atoms with Crippen molar-refractivity contribution in [2.24, 2.45) is 0 Å². The number of benzene rings is 3. The summed E-state index contributed by atoms with van der Waals surface area (Å²) in [6.07, 6.45) is 1.13. The zero-order valence-electron chi connectivity index (χ0n) is 18.7. The number of hydrogen-bond acceptors (Lipinski definition) is 4. The fraction of sp³-hybridized carbons (Fsp3) is 0.333. The molecule has 4 heteroatoms. The van der Waals surface area contributed by atoms with E-state index in [9.17, 15) is 0 Å². The first-order valence-corrected chi connectivity index (χ1v) is 11.1. The lowest BCUT2D eigenvalue weighted by Crippen LogP contribution is -2.23. The third-order valence-electron chi connectivity index (χ3n) is 5.18. The Bertz CT molecular complexity index is 913. The van der Waals surface area contributed by atoms with Crippen LogP contribution in [0.5, 0.6) is 17.2 Å². The number of ether oxygens (including phenoxy) is 3. The van der Waals surface area contributed by atoms with Crippen LogP contribution in [0.4, 0.5) is 5.69 Å². The summed E-state index contributed by atoms with van der Waals surface area (Å²) in [6.45, 7) is 8.22. The average Bonchev–Trinajstić information content (AvgIpc) is 2.81. The molecule has 2 atom stereocenters. The van der Waals surface area contributed by atoms with Crippen LogP contribution in [0.1, 0.15) is 38.7 Å². The Morgan fingerprint density at radius 2 is 1.45 bits per heavy atom. The van der Waals surface area contributed by atoms with Crippen molar-refractivity contribution in [1.29, 1.82) is 0 Å². The molecule has 0 aliphatic heterocycles. The molecule has 3 rings (SSSR count). The van der Waals surface area contributed by atoms with E-state index in [1.807, 2.05) is 60.7 Å². The van der Waals surface area contributed by atoms with Crippen molar-refractivity contribution < 1.29 is 14.2 Å². The van der Waals surface area contributed by atoms with E-state index < -0.39 is 0 Å². The predicted octanol–water partition coefficient (Wildman–Crippen LogP) is 6.54. The highest BCUT2D eigenvalue weighted by molar-refractivity contribution is 5.48. The summed E-state index contributed by atoms with van der Waals surface area (Å²) in [5, 5.41) is 3.45. The molecule has 0 aliphatic carbocycles. The van der Waals surface area contributed by atoms with E-state index in [4.69, 9.17) is 14.2 Å². The average molecular weight is 420 g/mol. The van der Waals surface area contributed by atoms with Gasteiger partial charge in [0.25, 0.3) is 0 Å². The molecule has 31 heavy (non-hydrogen) atoms. The fourth-order valence-electron chi connectivity index (χ4n) is 3.27. The van der Waals surface area contributed by atoms with E-state index >= 15 is 0 Å². The van der Waals surface area contributed by atoms with Gasteiger partial charge in [0.05, 0.1) is 6.54 Å². The Labute approximate surface area is 186 Å². The van der Waals surface area contributed by atoms with E-state index in [1.54, 1.807) is 0 Å². The van der Waals surface area contributed by atoms with E-state index in [2.05, 4.69) is 44.3 Å². The van der Waals surface area contributed by atoms with Crippen molar-refractivity contribution in [3.63, 3.8) is 0 Å². The lowest BCUT2D eigenvalue weighted by Gasteiger charge is -2.21. The van der Waals surface area contributed by atoms with Gasteiger partial charge in [-0.15, -0.1) is 0 Å². The monoisotopic (exact) mass is 419 g/mol. The van der Waals surface area contributed by atoms with Gasteiger partial charge in [-0.1, -0.05) is 56.3 Å². The minimum Gasteiger partial charge on any atom is -0.490 e. The molecule has 0 heterocycles. The van der Waals surface area contributed by atoms with Gasteiger partial charge in [0.2, 0.25) is 0 Å². The van der Waals surface area contributed by atoms with Crippen LogP contribution in [-0.4, -0.2) is 25.9 Å². The minimum absolute atomic E-state index is 0.0362. The molecule has 2 unspecified atom stereocenters. The molecule has 164 valence electrons. The lowest BCUT2D eigenvalue weighted by atomic mass is 9.98. The molecule has 0 spiro atoms. The number of para-hydroxylation sites is 2. The highest BCUT2D eigenvalue weighted by Crippen LogP contribution is 2.29. The normalized spacial score (nSPS) is 12.6. The molecule has 0 amide bonds. The maximum atomic E-state index is 6.23. The number of hydrogen-bond donors (Lipinski definition) is 1. The first kappa shape index (κ1) is 22.5. The summed E-state index contributed by atoms with van der Waals surface area (Å²) < 4.78 is 17.7. The largest absolute Gasteiger partial charge is 0.490 e. The molecule has 4 nitrogen and oxygen atoms in total. The van der Waals surface area contributed by atoms with Gasteiger partial charge in [-0.25, -0.2) is 0 Å². The molecule has 0 aromatic heterocycles. The molecule has 0 radical (unpaired) electrons. The summed E-state index contributed by atoms with van der Waals surface area (Å²) in [5.41, 5.74) is 2.28. The van der Waals surface area contributed by atoms with Crippen LogP contribution >= 0.6 is 0 Å². The Morgan fingerprint density at radius 1 is 0.774 bits per heavy atom. The molecule has 0 bridgehead atoms. The van der Waals surface area contributed by atoms with E-state index in [0.717, 1.165) is 29.4 Å². The Morgan fingerprint density at radius 3 is 2.23 bits per heavy atom. The van der Waals surface area contributed by atoms with Gasteiger partial charge < -0.3 is 19.5 Å². The third-order valence-corrected chi connectivity index (χ3v) is 5.18. The van der Waals surface area contributed by atoms with E-state index in [1.165, 1.54) is 5.56 Å². The van der Waals surface area contributed by atoms with Crippen molar-refractivity contribution in [2.45, 2.75) is 39.2 Å². The quantitative estimate of drug-likeness (QED) is 0.339. The van der Waals surface area contributed by atoms with Crippen LogP contribution in [0, 0.1) is 0 Å². The van der Waals surface area contributed by atoms with Crippen LogP contribution < -0.4 is 19.5 Å². The molecule has 0 saturated heterocycles. The first-order chi connectivity index (χ1) is 15.2. The van der Waals surface area contributed by atoms with Gasteiger partial charge in [0.1, 0.15) is 36.6 Å². The highest BCUT2D eigenvalue weighted by atomic mass is 16.5. The van der Waals surface area contributed by atoms with Gasteiger partial charge in [0, 0.05) is 11.8 Å². The Kier molecular flexibility index (Phi) is 8.65. The molecular weight excluding hydrogens is 386 g/mol. The smallest absolute Gasteiger partial charge is 0.123 e. The van der Waals surface area contributed by atoms with E-state index in [-0.39, 0.29) is 6.10 Å². The predicted molar refractivity (Wildman–Crippen MR) is 128 cm³/mol. The summed E-state index contributed by atoms with van der Waals surface area (Å²) >= 11 is 0. The van der Waals surface area contributed by atoms with Gasteiger partial charge in [-0.2, -0.15) is 0 Å². The van der Waals surface area contributed by atoms with E-state index in [0.29, 0.717) is 25.7 Å². The maximum absolute atomic E-state index is 6.23. The van der Waals surface area contributed by atoms with Crippen molar-refractivity contribution in [1.82, 2.24) is 0 Å². The van der Waals surface area contributed by atoms with Crippen LogP contribution in [0.25, 0.3) is 0 Å². The molecule has 3 aromatic rings. The van der Waals surface area contributed by atoms with Gasteiger partial charge in [-0.05, 0) is 55.2 Å². The summed E-state index contributed by atoms with van der Waals surface area (Å²) in [6, 6.07) is 26.1. The second-order valence-electron chi connectivity index (χ2n) is 7.69. The fourth-order valence-corrected chi connectivity index (χ4v) is 3.27. The standard InChI is InChI=1S/C27H33NO3/c1-4-21(2)26-15-8-9-16-27(26)31-22(3)20-28-23-11-10-14-25(19-23)30-18-17-29-24-12-6-5-7-13-24/h5-16,19,21-22,28H,4,17-18,20H2,1-3H3. The molecule has 0 fully saturated rings. The van der Waals surface area contributed by atoms with Crippen LogP contribution in [-0.2, 0) is 0 Å². The molecular formula is C27H33NO3. The van der Waals surface area contributed by atoms with Gasteiger partial charge in [-0.3, -0.25) is 0 Å². The van der Waals surface area contributed by atoms with Crippen molar-refractivity contribution in [3.05, 3.63) is 84.4 Å². The summed E-state index contributed by atoms with van der Waals surface area (Å²) in [5.74, 6) is 3.13. The van der Waals surface area contributed by atoms with Crippen molar-refractivity contribution >= 4 is 5.69 Å². The second kappa shape index (κ2) is 11.9. The summed E-state index contributed by atoms with van der Waals surface area (Å²) in [7, 11) is 0. The van der Waals surface area contributed by atoms with Crippen LogP contribution in [0.3, 0.4) is 0 Å². The zero-order valence-corrected chi connectivity index (χ0v) is 18.7. The zero-order chi connectivity index (χ0) is 21.9. The molecule has 0 saturated carbocycles. The third kappa shape index (κ3) is 7.25.